The molecule has 0 bridgehead atoms. The monoisotopic (exact) mass is 231 g/mol. The zero-order valence-electron chi connectivity index (χ0n) is 9.94. The number of nitrogens with one attached hydrogen (secondary N) is 1. The lowest BCUT2D eigenvalue weighted by atomic mass is 10.1. The van der Waals surface area contributed by atoms with E-state index in [1.165, 1.54) is 0 Å². The first-order chi connectivity index (χ1) is 7.63. The van der Waals surface area contributed by atoms with Gasteiger partial charge in [0.1, 0.15) is 0 Å². The Morgan fingerprint density at radius 2 is 2.44 bits per heavy atom. The van der Waals surface area contributed by atoms with Gasteiger partial charge in [-0.05, 0) is 19.8 Å². The highest BCUT2D eigenvalue weighted by molar-refractivity contribution is 5.79. The van der Waals surface area contributed by atoms with E-state index in [9.17, 15) is 9.90 Å². The van der Waals surface area contributed by atoms with Crippen LogP contribution in [-0.2, 0) is 14.3 Å². The van der Waals surface area contributed by atoms with Gasteiger partial charge in [-0.3, -0.25) is 4.79 Å². The fraction of sp³-hybridized carbons (Fsp3) is 0.909. The van der Waals surface area contributed by atoms with Crippen LogP contribution < -0.4 is 5.32 Å². The largest absolute Gasteiger partial charge is 0.391 e. The number of carbonyl (C=O) groups excluding carboxylic acids is 1. The van der Waals surface area contributed by atoms with Crippen molar-refractivity contribution in [1.29, 1.82) is 0 Å². The maximum Gasteiger partial charge on any atom is 0.225 e. The second-order valence-electron chi connectivity index (χ2n) is 4.27. The molecule has 1 aliphatic rings. The number of carbonyl (C=O) groups is 1. The Kier molecular flexibility index (Phi) is 5.73. The summed E-state index contributed by atoms with van der Waals surface area (Å²) in [7, 11) is 1.54. The molecule has 1 heterocycles. The topological polar surface area (TPSA) is 67.8 Å². The normalized spacial score (nSPS) is 26.7. The van der Waals surface area contributed by atoms with Crippen LogP contribution in [0.1, 0.15) is 19.8 Å². The Labute approximate surface area is 96.1 Å². The van der Waals surface area contributed by atoms with Gasteiger partial charge in [0.15, 0.2) is 0 Å². The first-order valence-electron chi connectivity index (χ1n) is 5.69. The van der Waals surface area contributed by atoms with Crippen molar-refractivity contribution < 1.29 is 19.4 Å². The summed E-state index contributed by atoms with van der Waals surface area (Å²) < 4.78 is 10.1. The Morgan fingerprint density at radius 1 is 1.69 bits per heavy atom. The molecule has 1 rings (SSSR count). The molecule has 2 N–H and O–H groups in total. The number of hydrogen-bond acceptors (Lipinski definition) is 4. The summed E-state index contributed by atoms with van der Waals surface area (Å²) in [6, 6.07) is 0. The van der Waals surface area contributed by atoms with Crippen LogP contribution in [0.5, 0.6) is 0 Å². The van der Waals surface area contributed by atoms with Crippen LogP contribution >= 0.6 is 0 Å². The average molecular weight is 231 g/mol. The molecule has 1 amide bonds. The standard InChI is InChI=1S/C11H21NO4/c1-8-5-9(6-16-8)11(14)12-4-3-10(13)7-15-2/h8-10,13H,3-7H2,1-2H3,(H,12,14). The molecule has 0 aromatic rings. The van der Waals surface area contributed by atoms with Gasteiger partial charge >= 0.3 is 0 Å². The van der Waals surface area contributed by atoms with E-state index in [1.807, 2.05) is 6.92 Å². The molecule has 3 unspecified atom stereocenters. The molecule has 0 aromatic heterocycles. The Hall–Kier alpha value is -0.650. The van der Waals surface area contributed by atoms with E-state index >= 15 is 0 Å². The molecule has 0 aliphatic carbocycles. The van der Waals surface area contributed by atoms with E-state index in [0.717, 1.165) is 6.42 Å². The molecule has 0 spiro atoms. The lowest BCUT2D eigenvalue weighted by Crippen LogP contribution is -2.33. The number of ether oxygens (including phenoxy) is 2. The van der Waals surface area contributed by atoms with Gasteiger partial charge in [0, 0.05) is 13.7 Å². The number of aliphatic hydroxyl groups excluding tert-OH is 1. The van der Waals surface area contributed by atoms with Gasteiger partial charge in [-0.2, -0.15) is 0 Å². The highest BCUT2D eigenvalue weighted by atomic mass is 16.5. The maximum absolute atomic E-state index is 11.6. The maximum atomic E-state index is 11.6. The van der Waals surface area contributed by atoms with Crippen molar-refractivity contribution in [3.8, 4) is 0 Å². The molecule has 1 aliphatic heterocycles. The van der Waals surface area contributed by atoms with Crippen molar-refractivity contribution in [3.63, 3.8) is 0 Å². The van der Waals surface area contributed by atoms with Gasteiger partial charge in [0.05, 0.1) is 31.3 Å². The van der Waals surface area contributed by atoms with Crippen molar-refractivity contribution in [2.24, 2.45) is 5.92 Å². The third-order valence-electron chi connectivity index (χ3n) is 2.71. The van der Waals surface area contributed by atoms with Gasteiger partial charge in [-0.15, -0.1) is 0 Å². The molecular weight excluding hydrogens is 210 g/mol. The molecule has 3 atom stereocenters. The van der Waals surface area contributed by atoms with Crippen LogP contribution in [0.2, 0.25) is 0 Å². The Balaban J connectivity index is 2.11. The second kappa shape index (κ2) is 6.83. The third-order valence-corrected chi connectivity index (χ3v) is 2.71. The summed E-state index contributed by atoms with van der Waals surface area (Å²) in [5.41, 5.74) is 0. The van der Waals surface area contributed by atoms with Crippen LogP contribution in [0, 0.1) is 5.92 Å². The number of hydrogen-bond donors (Lipinski definition) is 2. The first kappa shape index (κ1) is 13.4. The molecule has 1 saturated heterocycles. The van der Waals surface area contributed by atoms with E-state index in [2.05, 4.69) is 5.32 Å². The van der Waals surface area contributed by atoms with E-state index < -0.39 is 6.10 Å². The lowest BCUT2D eigenvalue weighted by Gasteiger charge is -2.12. The summed E-state index contributed by atoms with van der Waals surface area (Å²) >= 11 is 0. The summed E-state index contributed by atoms with van der Waals surface area (Å²) in [5.74, 6) is -0.0106. The van der Waals surface area contributed by atoms with Crippen molar-refractivity contribution in [2.45, 2.75) is 32.0 Å². The SMILES string of the molecule is COCC(O)CCNC(=O)C1COC(C)C1. The summed E-state index contributed by atoms with van der Waals surface area (Å²) in [4.78, 5) is 11.6. The van der Waals surface area contributed by atoms with E-state index in [4.69, 9.17) is 9.47 Å². The summed E-state index contributed by atoms with van der Waals surface area (Å²) in [6.45, 7) is 3.26. The molecule has 16 heavy (non-hydrogen) atoms. The Morgan fingerprint density at radius 3 is 3.00 bits per heavy atom. The minimum atomic E-state index is -0.510. The van der Waals surface area contributed by atoms with Crippen LogP contribution in [0.15, 0.2) is 0 Å². The lowest BCUT2D eigenvalue weighted by molar-refractivity contribution is -0.125. The summed E-state index contributed by atoms with van der Waals surface area (Å²) in [5, 5.41) is 12.2. The minimum absolute atomic E-state index is 0.0222. The summed E-state index contributed by atoms with van der Waals surface area (Å²) in [6.07, 6.45) is 0.966. The van der Waals surface area contributed by atoms with Crippen molar-refractivity contribution in [2.75, 3.05) is 26.9 Å². The number of amides is 1. The fourth-order valence-corrected chi connectivity index (χ4v) is 1.78. The Bertz CT molecular complexity index is 222. The third kappa shape index (κ3) is 4.47. The van der Waals surface area contributed by atoms with E-state index in [0.29, 0.717) is 26.2 Å². The van der Waals surface area contributed by atoms with Crippen molar-refractivity contribution in [3.05, 3.63) is 0 Å². The highest BCUT2D eigenvalue weighted by Crippen LogP contribution is 2.18. The molecule has 1 fully saturated rings. The molecule has 0 aromatic carbocycles. The fourth-order valence-electron chi connectivity index (χ4n) is 1.78. The smallest absolute Gasteiger partial charge is 0.225 e. The van der Waals surface area contributed by atoms with Crippen LogP contribution in [-0.4, -0.2) is 50.1 Å². The molecule has 0 saturated carbocycles. The molecule has 5 nitrogen and oxygen atoms in total. The molecule has 5 heteroatoms. The minimum Gasteiger partial charge on any atom is -0.391 e. The predicted octanol–water partition coefficient (Wildman–Crippen LogP) is -0.0750. The first-order valence-corrected chi connectivity index (χ1v) is 5.69. The second-order valence-corrected chi connectivity index (χ2v) is 4.27. The molecular formula is C11H21NO4. The van der Waals surface area contributed by atoms with E-state index in [1.54, 1.807) is 7.11 Å². The number of aliphatic hydroxyl groups is 1. The molecule has 94 valence electrons. The predicted molar refractivity (Wildman–Crippen MR) is 59.0 cm³/mol. The van der Waals surface area contributed by atoms with Gasteiger partial charge in [-0.25, -0.2) is 0 Å². The number of methoxy groups -OCH3 is 1. The quantitative estimate of drug-likeness (QED) is 0.671. The van der Waals surface area contributed by atoms with Crippen LogP contribution in [0.3, 0.4) is 0 Å². The van der Waals surface area contributed by atoms with Crippen molar-refractivity contribution in [1.82, 2.24) is 5.32 Å². The van der Waals surface area contributed by atoms with Gasteiger partial charge in [-0.1, -0.05) is 0 Å². The van der Waals surface area contributed by atoms with Crippen LogP contribution in [0.4, 0.5) is 0 Å². The highest BCUT2D eigenvalue weighted by Gasteiger charge is 2.27. The van der Waals surface area contributed by atoms with Crippen LogP contribution in [0.25, 0.3) is 0 Å². The van der Waals surface area contributed by atoms with Gasteiger partial charge in [0.2, 0.25) is 5.91 Å². The zero-order valence-corrected chi connectivity index (χ0v) is 9.94. The zero-order chi connectivity index (χ0) is 12.0. The molecule has 0 radical (unpaired) electrons. The van der Waals surface area contributed by atoms with Gasteiger partial charge < -0.3 is 19.9 Å². The van der Waals surface area contributed by atoms with E-state index in [-0.39, 0.29) is 17.9 Å². The average Bonchev–Trinajstić information content (AvgIpc) is 2.65. The van der Waals surface area contributed by atoms with Gasteiger partial charge in [0.25, 0.3) is 0 Å². The van der Waals surface area contributed by atoms with Crippen molar-refractivity contribution >= 4 is 5.91 Å². The number of rotatable bonds is 6.